The van der Waals surface area contributed by atoms with E-state index in [-0.39, 0.29) is 4.90 Å². The third-order valence-electron chi connectivity index (χ3n) is 3.59. The standard InChI is InChI=1S/C16H12N4O2S2/c17-24(21,22)13-8-6-12(7-9-13)15-18-16-20(19-15)14(10-23-16)11-4-2-1-3-5-11/h1-10H,(H2,17,21,22). The van der Waals surface area contributed by atoms with E-state index in [4.69, 9.17) is 5.14 Å². The maximum atomic E-state index is 11.3. The number of fused-ring (bicyclic) bond motifs is 1. The van der Waals surface area contributed by atoms with Crippen molar-refractivity contribution < 1.29 is 8.42 Å². The van der Waals surface area contributed by atoms with E-state index in [2.05, 4.69) is 10.1 Å². The minimum atomic E-state index is -3.70. The second-order valence-electron chi connectivity index (χ2n) is 5.19. The smallest absolute Gasteiger partial charge is 0.225 e. The van der Waals surface area contributed by atoms with Crippen molar-refractivity contribution in [3.63, 3.8) is 0 Å². The van der Waals surface area contributed by atoms with Crippen molar-refractivity contribution in [3.8, 4) is 22.6 Å². The molecule has 0 bridgehead atoms. The molecule has 0 aliphatic carbocycles. The molecule has 0 saturated heterocycles. The first kappa shape index (κ1) is 15.0. The first-order valence-corrected chi connectivity index (χ1v) is 9.48. The number of nitrogens with two attached hydrogens (primary N) is 1. The molecule has 2 aromatic heterocycles. The van der Waals surface area contributed by atoms with E-state index in [1.54, 1.807) is 16.6 Å². The highest BCUT2D eigenvalue weighted by atomic mass is 32.2. The summed E-state index contributed by atoms with van der Waals surface area (Å²) >= 11 is 1.51. The van der Waals surface area contributed by atoms with Gasteiger partial charge in [0.1, 0.15) is 0 Å². The van der Waals surface area contributed by atoms with Gasteiger partial charge in [0.25, 0.3) is 0 Å². The summed E-state index contributed by atoms with van der Waals surface area (Å²) in [5.41, 5.74) is 2.76. The van der Waals surface area contributed by atoms with Gasteiger partial charge in [0.2, 0.25) is 15.0 Å². The topological polar surface area (TPSA) is 90.4 Å². The molecule has 0 radical (unpaired) electrons. The monoisotopic (exact) mass is 356 g/mol. The van der Waals surface area contributed by atoms with Crippen molar-refractivity contribution in [2.24, 2.45) is 5.14 Å². The van der Waals surface area contributed by atoms with Crippen molar-refractivity contribution in [2.45, 2.75) is 4.90 Å². The fourth-order valence-corrected chi connectivity index (χ4v) is 3.75. The largest absolute Gasteiger partial charge is 0.238 e. The van der Waals surface area contributed by atoms with Crippen LogP contribution in [0.4, 0.5) is 0 Å². The van der Waals surface area contributed by atoms with Gasteiger partial charge in [-0.1, -0.05) is 30.3 Å². The Morgan fingerprint density at radius 2 is 1.67 bits per heavy atom. The van der Waals surface area contributed by atoms with E-state index in [0.717, 1.165) is 21.8 Å². The zero-order chi connectivity index (χ0) is 16.7. The molecular weight excluding hydrogens is 344 g/mol. The summed E-state index contributed by atoms with van der Waals surface area (Å²) in [4.78, 5) is 5.35. The van der Waals surface area contributed by atoms with Crippen LogP contribution in [-0.4, -0.2) is 23.0 Å². The van der Waals surface area contributed by atoms with E-state index in [0.29, 0.717) is 5.82 Å². The van der Waals surface area contributed by atoms with E-state index in [9.17, 15) is 8.42 Å². The quantitative estimate of drug-likeness (QED) is 0.611. The van der Waals surface area contributed by atoms with Crippen LogP contribution >= 0.6 is 11.3 Å². The van der Waals surface area contributed by atoms with Crippen molar-refractivity contribution in [2.75, 3.05) is 0 Å². The van der Waals surface area contributed by atoms with Gasteiger partial charge in [-0.3, -0.25) is 0 Å². The highest BCUT2D eigenvalue weighted by molar-refractivity contribution is 7.89. The van der Waals surface area contributed by atoms with E-state index in [1.165, 1.54) is 23.5 Å². The molecule has 0 aliphatic heterocycles. The minimum absolute atomic E-state index is 0.0669. The molecule has 0 fully saturated rings. The predicted octanol–water partition coefficient (Wildman–Crippen LogP) is 2.77. The van der Waals surface area contributed by atoms with E-state index < -0.39 is 10.0 Å². The molecular formula is C16H12N4O2S2. The van der Waals surface area contributed by atoms with Gasteiger partial charge >= 0.3 is 0 Å². The first-order valence-electron chi connectivity index (χ1n) is 7.05. The summed E-state index contributed by atoms with van der Waals surface area (Å²) < 4.78 is 24.4. The molecule has 2 heterocycles. The molecule has 24 heavy (non-hydrogen) atoms. The maximum absolute atomic E-state index is 11.3. The Balaban J connectivity index is 1.78. The first-order chi connectivity index (χ1) is 11.5. The maximum Gasteiger partial charge on any atom is 0.238 e. The second kappa shape index (κ2) is 5.52. The van der Waals surface area contributed by atoms with Gasteiger partial charge in [0, 0.05) is 16.5 Å². The Bertz CT molecular complexity index is 1110. The average molecular weight is 356 g/mol. The fourth-order valence-electron chi connectivity index (χ4n) is 2.40. The molecule has 0 spiro atoms. The van der Waals surface area contributed by atoms with E-state index >= 15 is 0 Å². The summed E-state index contributed by atoms with van der Waals surface area (Å²) in [6, 6.07) is 16.2. The number of hydrogen-bond donors (Lipinski definition) is 1. The fraction of sp³-hybridized carbons (Fsp3) is 0. The van der Waals surface area contributed by atoms with Crippen LogP contribution in [0.2, 0.25) is 0 Å². The molecule has 2 aromatic carbocycles. The molecule has 8 heteroatoms. The van der Waals surface area contributed by atoms with Crippen LogP contribution < -0.4 is 5.14 Å². The lowest BCUT2D eigenvalue weighted by Crippen LogP contribution is -2.11. The number of nitrogens with zero attached hydrogens (tertiary/aromatic N) is 3. The van der Waals surface area contributed by atoms with Gasteiger partial charge in [-0.25, -0.2) is 18.1 Å². The van der Waals surface area contributed by atoms with Crippen molar-refractivity contribution in [3.05, 3.63) is 60.0 Å². The number of hydrogen-bond acceptors (Lipinski definition) is 5. The lowest BCUT2D eigenvalue weighted by atomic mass is 10.2. The molecule has 0 unspecified atom stereocenters. The van der Waals surface area contributed by atoms with Gasteiger partial charge in [0.05, 0.1) is 10.6 Å². The SMILES string of the molecule is NS(=O)(=O)c1ccc(-c2nc3scc(-c4ccccc4)n3n2)cc1. The Kier molecular flexibility index (Phi) is 3.45. The van der Waals surface area contributed by atoms with Gasteiger partial charge in [-0.05, 0) is 24.3 Å². The number of benzene rings is 2. The van der Waals surface area contributed by atoms with Crippen LogP contribution in [0.1, 0.15) is 0 Å². The number of thiazole rings is 1. The van der Waals surface area contributed by atoms with Crippen molar-refractivity contribution >= 4 is 26.3 Å². The van der Waals surface area contributed by atoms with E-state index in [1.807, 2.05) is 35.7 Å². The summed E-state index contributed by atoms with van der Waals surface area (Å²) in [5, 5.41) is 11.7. The predicted molar refractivity (Wildman–Crippen MR) is 93.1 cm³/mol. The van der Waals surface area contributed by atoms with Gasteiger partial charge in [-0.15, -0.1) is 16.4 Å². The number of primary sulfonamides is 1. The Labute approximate surface area is 142 Å². The zero-order valence-electron chi connectivity index (χ0n) is 12.3. The van der Waals surface area contributed by atoms with Gasteiger partial charge < -0.3 is 0 Å². The van der Waals surface area contributed by atoms with Crippen molar-refractivity contribution in [1.29, 1.82) is 0 Å². The lowest BCUT2D eigenvalue weighted by molar-refractivity contribution is 0.598. The molecule has 120 valence electrons. The van der Waals surface area contributed by atoms with Crippen LogP contribution in [-0.2, 0) is 10.0 Å². The highest BCUT2D eigenvalue weighted by Gasteiger charge is 2.14. The Morgan fingerprint density at radius 3 is 2.33 bits per heavy atom. The number of aromatic nitrogens is 3. The summed E-state index contributed by atoms with van der Waals surface area (Å²) in [6.07, 6.45) is 0. The van der Waals surface area contributed by atoms with Crippen LogP contribution in [0.15, 0.2) is 64.9 Å². The molecule has 4 rings (SSSR count). The molecule has 0 amide bonds. The normalized spacial score (nSPS) is 11.9. The molecule has 0 saturated carbocycles. The van der Waals surface area contributed by atoms with Gasteiger partial charge in [-0.2, -0.15) is 4.98 Å². The second-order valence-corrected chi connectivity index (χ2v) is 7.58. The average Bonchev–Trinajstić information content (AvgIpc) is 3.15. The molecule has 4 aromatic rings. The van der Waals surface area contributed by atoms with Crippen molar-refractivity contribution in [1.82, 2.24) is 14.6 Å². The number of rotatable bonds is 3. The summed E-state index contributed by atoms with van der Waals surface area (Å²) in [7, 11) is -3.70. The van der Waals surface area contributed by atoms with Gasteiger partial charge in [0.15, 0.2) is 5.82 Å². The Morgan fingerprint density at radius 1 is 0.958 bits per heavy atom. The molecule has 0 atom stereocenters. The van der Waals surface area contributed by atoms with Crippen LogP contribution in [0.3, 0.4) is 0 Å². The highest BCUT2D eigenvalue weighted by Crippen LogP contribution is 2.27. The lowest BCUT2D eigenvalue weighted by Gasteiger charge is -1.99. The summed E-state index contributed by atoms with van der Waals surface area (Å²) in [5.74, 6) is 0.542. The van der Waals surface area contributed by atoms with Crippen LogP contribution in [0.25, 0.3) is 27.6 Å². The third kappa shape index (κ3) is 2.60. The molecule has 0 aliphatic rings. The third-order valence-corrected chi connectivity index (χ3v) is 5.34. The molecule has 2 N–H and O–H groups in total. The number of sulfonamides is 1. The zero-order valence-corrected chi connectivity index (χ0v) is 14.0. The van der Waals surface area contributed by atoms with Crippen LogP contribution in [0, 0.1) is 0 Å². The van der Waals surface area contributed by atoms with Crippen LogP contribution in [0.5, 0.6) is 0 Å². The Hall–Kier alpha value is -2.55. The molecule has 6 nitrogen and oxygen atoms in total. The minimum Gasteiger partial charge on any atom is -0.225 e. The summed E-state index contributed by atoms with van der Waals surface area (Å²) in [6.45, 7) is 0.